The molecule has 0 bridgehead atoms. The summed E-state index contributed by atoms with van der Waals surface area (Å²) >= 11 is 0. The van der Waals surface area contributed by atoms with Crippen LogP contribution in [0.25, 0.3) is 0 Å². The summed E-state index contributed by atoms with van der Waals surface area (Å²) in [6.45, 7) is 10.4. The first-order valence-electron chi connectivity index (χ1n) is 6.84. The van der Waals surface area contributed by atoms with Crippen molar-refractivity contribution >= 4 is 0 Å². The summed E-state index contributed by atoms with van der Waals surface area (Å²) in [5.74, 6) is 2.16. The maximum atomic E-state index is 5.94. The van der Waals surface area contributed by atoms with Gasteiger partial charge in [0.2, 0.25) is 0 Å². The molecule has 3 heteroatoms. The lowest BCUT2D eigenvalue weighted by atomic mass is 10.2. The first-order valence-corrected chi connectivity index (χ1v) is 6.84. The Labute approximate surface area is 110 Å². The maximum absolute atomic E-state index is 5.94. The molecule has 3 nitrogen and oxygen atoms in total. The van der Waals surface area contributed by atoms with E-state index in [1.807, 2.05) is 0 Å². The number of nitrogens with one attached hydrogen (secondary N) is 1. The Morgan fingerprint density at radius 3 is 2.89 bits per heavy atom. The van der Waals surface area contributed by atoms with Crippen molar-refractivity contribution in [3.05, 3.63) is 35.3 Å². The van der Waals surface area contributed by atoms with Gasteiger partial charge < -0.3 is 9.73 Å². The molecule has 0 atom stereocenters. The molecule has 18 heavy (non-hydrogen) atoms. The van der Waals surface area contributed by atoms with Gasteiger partial charge in [-0.2, -0.15) is 0 Å². The molecule has 0 fully saturated rings. The standard InChI is InChI=1S/C15H24N2O/c1-12(2)16-10-15-13(3)9-14(18-15)11-17-7-5-4-6-8-17/h4-5,9,12,16H,6-8,10-11H2,1-3H3. The van der Waals surface area contributed by atoms with Crippen LogP contribution in [-0.2, 0) is 13.1 Å². The van der Waals surface area contributed by atoms with Crippen LogP contribution in [0.5, 0.6) is 0 Å². The summed E-state index contributed by atoms with van der Waals surface area (Å²) < 4.78 is 5.94. The summed E-state index contributed by atoms with van der Waals surface area (Å²) in [6, 6.07) is 2.67. The highest BCUT2D eigenvalue weighted by molar-refractivity contribution is 5.20. The summed E-state index contributed by atoms with van der Waals surface area (Å²) in [5, 5.41) is 3.40. The fourth-order valence-corrected chi connectivity index (χ4v) is 2.19. The minimum atomic E-state index is 0.491. The Morgan fingerprint density at radius 1 is 1.39 bits per heavy atom. The Hall–Kier alpha value is -1.06. The highest BCUT2D eigenvalue weighted by Crippen LogP contribution is 2.17. The maximum Gasteiger partial charge on any atom is 0.120 e. The van der Waals surface area contributed by atoms with Gasteiger partial charge in [0, 0.05) is 19.1 Å². The van der Waals surface area contributed by atoms with Crippen LogP contribution in [-0.4, -0.2) is 24.0 Å². The van der Waals surface area contributed by atoms with Gasteiger partial charge in [0.15, 0.2) is 0 Å². The Bertz CT molecular complexity index is 407. The van der Waals surface area contributed by atoms with Crippen molar-refractivity contribution in [1.82, 2.24) is 10.2 Å². The minimum Gasteiger partial charge on any atom is -0.463 e. The SMILES string of the molecule is Cc1cc(CN2CC=CCC2)oc1CNC(C)C. The number of furan rings is 1. The molecule has 2 rings (SSSR count). The van der Waals surface area contributed by atoms with Gasteiger partial charge in [-0.15, -0.1) is 0 Å². The van der Waals surface area contributed by atoms with Crippen molar-refractivity contribution in [1.29, 1.82) is 0 Å². The van der Waals surface area contributed by atoms with Crippen LogP contribution < -0.4 is 5.32 Å². The second-order valence-corrected chi connectivity index (χ2v) is 5.35. The van der Waals surface area contributed by atoms with Crippen LogP contribution in [0.4, 0.5) is 0 Å². The van der Waals surface area contributed by atoms with Crippen molar-refractivity contribution in [3.63, 3.8) is 0 Å². The van der Waals surface area contributed by atoms with E-state index in [1.54, 1.807) is 0 Å². The Kier molecular flexibility index (Phi) is 4.61. The predicted octanol–water partition coefficient (Wildman–Crippen LogP) is 2.85. The van der Waals surface area contributed by atoms with Crippen LogP contribution in [0, 0.1) is 6.92 Å². The van der Waals surface area contributed by atoms with Gasteiger partial charge in [0.1, 0.15) is 11.5 Å². The summed E-state index contributed by atoms with van der Waals surface area (Å²) in [7, 11) is 0. The molecule has 100 valence electrons. The number of hydrogen-bond donors (Lipinski definition) is 1. The normalized spacial score (nSPS) is 16.7. The van der Waals surface area contributed by atoms with E-state index < -0.39 is 0 Å². The zero-order valence-electron chi connectivity index (χ0n) is 11.7. The van der Waals surface area contributed by atoms with Gasteiger partial charge in [0.25, 0.3) is 0 Å². The molecule has 1 aromatic rings. The lowest BCUT2D eigenvalue weighted by molar-refractivity contribution is 0.260. The van der Waals surface area contributed by atoms with Crippen LogP contribution in [0.1, 0.15) is 37.4 Å². The van der Waals surface area contributed by atoms with Crippen LogP contribution in [0.15, 0.2) is 22.6 Å². The van der Waals surface area contributed by atoms with E-state index in [9.17, 15) is 0 Å². The van der Waals surface area contributed by atoms with E-state index in [4.69, 9.17) is 4.42 Å². The second kappa shape index (κ2) is 6.21. The third kappa shape index (κ3) is 3.72. The molecule has 0 spiro atoms. The smallest absolute Gasteiger partial charge is 0.120 e. The first kappa shape index (κ1) is 13.4. The largest absolute Gasteiger partial charge is 0.463 e. The minimum absolute atomic E-state index is 0.491. The van der Waals surface area contributed by atoms with E-state index in [2.05, 4.69) is 49.2 Å². The number of aryl methyl sites for hydroxylation is 1. The van der Waals surface area contributed by atoms with Gasteiger partial charge in [-0.05, 0) is 25.0 Å². The van der Waals surface area contributed by atoms with Crippen molar-refractivity contribution in [3.8, 4) is 0 Å². The lowest BCUT2D eigenvalue weighted by Gasteiger charge is -2.21. The summed E-state index contributed by atoms with van der Waals surface area (Å²) in [5.41, 5.74) is 1.26. The van der Waals surface area contributed by atoms with Crippen molar-refractivity contribution in [2.24, 2.45) is 0 Å². The van der Waals surface area contributed by atoms with Gasteiger partial charge in [-0.1, -0.05) is 26.0 Å². The zero-order valence-corrected chi connectivity index (χ0v) is 11.7. The number of rotatable bonds is 5. The second-order valence-electron chi connectivity index (χ2n) is 5.35. The van der Waals surface area contributed by atoms with Gasteiger partial charge in [-0.25, -0.2) is 0 Å². The van der Waals surface area contributed by atoms with E-state index in [0.29, 0.717) is 6.04 Å². The molecule has 0 saturated carbocycles. The molecule has 1 N–H and O–H groups in total. The van der Waals surface area contributed by atoms with E-state index in [-0.39, 0.29) is 0 Å². The van der Waals surface area contributed by atoms with Gasteiger partial charge in [-0.3, -0.25) is 4.90 Å². The molecular weight excluding hydrogens is 224 g/mol. The fraction of sp³-hybridized carbons (Fsp3) is 0.600. The molecule has 1 aliphatic rings. The highest BCUT2D eigenvalue weighted by atomic mass is 16.3. The Balaban J connectivity index is 1.93. The molecule has 0 aliphatic carbocycles. The average molecular weight is 248 g/mol. The molecule has 1 aromatic heterocycles. The van der Waals surface area contributed by atoms with Gasteiger partial charge in [0.05, 0.1) is 13.1 Å². The van der Waals surface area contributed by atoms with E-state index in [0.717, 1.165) is 44.1 Å². The number of hydrogen-bond acceptors (Lipinski definition) is 3. The molecule has 0 unspecified atom stereocenters. The molecule has 0 aromatic carbocycles. The van der Waals surface area contributed by atoms with Crippen LogP contribution in [0.3, 0.4) is 0 Å². The lowest BCUT2D eigenvalue weighted by Crippen LogP contribution is -2.26. The van der Waals surface area contributed by atoms with Crippen LogP contribution >= 0.6 is 0 Å². The third-order valence-electron chi connectivity index (χ3n) is 3.26. The monoisotopic (exact) mass is 248 g/mol. The molecule has 0 amide bonds. The predicted molar refractivity (Wildman–Crippen MR) is 74.5 cm³/mol. The molecule has 2 heterocycles. The molecule has 0 saturated heterocycles. The first-order chi connectivity index (χ1) is 8.65. The van der Waals surface area contributed by atoms with Crippen LogP contribution in [0.2, 0.25) is 0 Å². The van der Waals surface area contributed by atoms with Gasteiger partial charge >= 0.3 is 0 Å². The van der Waals surface area contributed by atoms with Crippen molar-refractivity contribution in [2.75, 3.05) is 13.1 Å². The molecule has 0 radical (unpaired) electrons. The average Bonchev–Trinajstić information content (AvgIpc) is 2.68. The topological polar surface area (TPSA) is 28.4 Å². The molecular formula is C15H24N2O. The Morgan fingerprint density at radius 2 is 2.22 bits per heavy atom. The quantitative estimate of drug-likeness (QED) is 0.812. The van der Waals surface area contributed by atoms with E-state index in [1.165, 1.54) is 5.56 Å². The van der Waals surface area contributed by atoms with Crippen molar-refractivity contribution < 1.29 is 4.42 Å². The zero-order chi connectivity index (χ0) is 13.0. The van der Waals surface area contributed by atoms with E-state index >= 15 is 0 Å². The highest BCUT2D eigenvalue weighted by Gasteiger charge is 2.12. The number of nitrogens with zero attached hydrogens (tertiary/aromatic N) is 1. The molecule has 1 aliphatic heterocycles. The summed E-state index contributed by atoms with van der Waals surface area (Å²) in [4.78, 5) is 2.41. The summed E-state index contributed by atoms with van der Waals surface area (Å²) in [6.07, 6.45) is 5.64. The van der Waals surface area contributed by atoms with Crippen molar-refractivity contribution in [2.45, 2.75) is 46.3 Å². The fourth-order valence-electron chi connectivity index (χ4n) is 2.19. The third-order valence-corrected chi connectivity index (χ3v) is 3.26.